The first-order valence-electron chi connectivity index (χ1n) is 9.70. The van der Waals surface area contributed by atoms with E-state index < -0.39 is 30.1 Å². The Morgan fingerprint density at radius 3 is 2.36 bits per heavy atom. The van der Waals surface area contributed by atoms with Crippen molar-refractivity contribution in [2.45, 2.75) is 65.6 Å². The molecule has 0 aromatic carbocycles. The van der Waals surface area contributed by atoms with Gasteiger partial charge in [0.1, 0.15) is 24.7 Å². The molecule has 8 heteroatoms. The van der Waals surface area contributed by atoms with Crippen molar-refractivity contribution in [2.24, 2.45) is 11.8 Å². The number of carbonyl (C=O) groups is 4. The van der Waals surface area contributed by atoms with Crippen LogP contribution in [0.3, 0.4) is 0 Å². The third-order valence-corrected chi connectivity index (χ3v) is 5.09. The van der Waals surface area contributed by atoms with Crippen molar-refractivity contribution in [1.82, 2.24) is 15.5 Å². The van der Waals surface area contributed by atoms with Gasteiger partial charge in [0.05, 0.1) is 0 Å². The molecule has 3 amide bonds. The lowest BCUT2D eigenvalue weighted by Gasteiger charge is -2.32. The van der Waals surface area contributed by atoms with E-state index in [2.05, 4.69) is 17.2 Å². The highest BCUT2D eigenvalue weighted by Crippen LogP contribution is 2.22. The highest BCUT2D eigenvalue weighted by atomic mass is 16.5. The molecule has 1 aliphatic heterocycles. The van der Waals surface area contributed by atoms with Crippen LogP contribution in [0.15, 0.2) is 12.2 Å². The SMILES string of the molecule is C=C1CC(=O)N[C@@H](C)C(=O)N(C)[C@@H](C(C)C)C(=O)NCC(=O)OC(CC)[C@@H]1C. The second kappa shape index (κ2) is 10.2. The quantitative estimate of drug-likeness (QED) is 0.536. The summed E-state index contributed by atoms with van der Waals surface area (Å²) in [7, 11) is 1.51. The van der Waals surface area contributed by atoms with Crippen LogP contribution in [0, 0.1) is 11.8 Å². The maximum absolute atomic E-state index is 12.7. The number of nitrogens with zero attached hydrogens (tertiary/aromatic N) is 1. The average Bonchev–Trinajstić information content (AvgIpc) is 2.61. The maximum Gasteiger partial charge on any atom is 0.325 e. The second-order valence-electron chi connectivity index (χ2n) is 7.71. The Labute approximate surface area is 167 Å². The predicted molar refractivity (Wildman–Crippen MR) is 105 cm³/mol. The summed E-state index contributed by atoms with van der Waals surface area (Å²) >= 11 is 0. The summed E-state index contributed by atoms with van der Waals surface area (Å²) in [6, 6.07) is -1.57. The summed E-state index contributed by atoms with van der Waals surface area (Å²) in [6.07, 6.45) is 0.132. The number of esters is 1. The van der Waals surface area contributed by atoms with Crippen molar-refractivity contribution in [3.05, 3.63) is 12.2 Å². The molecule has 0 saturated carbocycles. The zero-order chi connectivity index (χ0) is 21.6. The number of amides is 3. The van der Waals surface area contributed by atoms with Crippen LogP contribution >= 0.6 is 0 Å². The summed E-state index contributed by atoms with van der Waals surface area (Å²) in [5.74, 6) is -2.16. The van der Waals surface area contributed by atoms with Crippen molar-refractivity contribution >= 4 is 23.7 Å². The largest absolute Gasteiger partial charge is 0.460 e. The standard InChI is InChI=1S/C20H33N3O5/c1-8-15-13(5)12(4)9-16(24)22-14(6)20(27)23(7)18(11(2)3)19(26)21-10-17(25)28-15/h11,13-15,18H,4,8-10H2,1-3,5-7H3,(H,21,26)(H,22,24)/t13-,14+,15?,18+/m1/s1. The zero-order valence-electron chi connectivity index (χ0n) is 17.7. The van der Waals surface area contributed by atoms with Gasteiger partial charge in [0.25, 0.3) is 0 Å². The van der Waals surface area contributed by atoms with Crippen LogP contribution in [0.5, 0.6) is 0 Å². The van der Waals surface area contributed by atoms with Gasteiger partial charge in [0.15, 0.2) is 0 Å². The van der Waals surface area contributed by atoms with Gasteiger partial charge in [-0.2, -0.15) is 0 Å². The van der Waals surface area contributed by atoms with E-state index in [0.29, 0.717) is 12.0 Å². The van der Waals surface area contributed by atoms with E-state index in [4.69, 9.17) is 4.74 Å². The maximum atomic E-state index is 12.7. The smallest absolute Gasteiger partial charge is 0.325 e. The van der Waals surface area contributed by atoms with Crippen molar-refractivity contribution < 1.29 is 23.9 Å². The van der Waals surface area contributed by atoms with Gasteiger partial charge in [0.2, 0.25) is 17.7 Å². The van der Waals surface area contributed by atoms with Gasteiger partial charge >= 0.3 is 5.97 Å². The first-order valence-corrected chi connectivity index (χ1v) is 9.70. The molecule has 0 aliphatic carbocycles. The van der Waals surface area contributed by atoms with Crippen molar-refractivity contribution in [1.29, 1.82) is 0 Å². The first-order chi connectivity index (χ1) is 13.0. The zero-order valence-corrected chi connectivity index (χ0v) is 17.7. The lowest BCUT2D eigenvalue weighted by Crippen LogP contribution is -2.55. The lowest BCUT2D eigenvalue weighted by molar-refractivity contribution is -0.151. The number of cyclic esters (lactones) is 1. The van der Waals surface area contributed by atoms with E-state index in [9.17, 15) is 19.2 Å². The molecule has 28 heavy (non-hydrogen) atoms. The molecule has 1 rings (SSSR count). The van der Waals surface area contributed by atoms with E-state index in [1.54, 1.807) is 6.92 Å². The van der Waals surface area contributed by atoms with E-state index >= 15 is 0 Å². The Kier molecular flexibility index (Phi) is 8.65. The molecule has 158 valence electrons. The van der Waals surface area contributed by atoms with Crippen LogP contribution in [-0.4, -0.2) is 60.4 Å². The van der Waals surface area contributed by atoms with Gasteiger partial charge in [-0.1, -0.05) is 39.8 Å². The fraction of sp³-hybridized carbons (Fsp3) is 0.700. The molecule has 8 nitrogen and oxygen atoms in total. The second-order valence-corrected chi connectivity index (χ2v) is 7.71. The normalized spacial score (nSPS) is 29.0. The summed E-state index contributed by atoms with van der Waals surface area (Å²) in [4.78, 5) is 51.2. The van der Waals surface area contributed by atoms with Crippen LogP contribution in [0.2, 0.25) is 0 Å². The van der Waals surface area contributed by atoms with Crippen LogP contribution in [0.1, 0.15) is 47.5 Å². The third kappa shape index (κ3) is 6.07. The van der Waals surface area contributed by atoms with Gasteiger partial charge in [-0.3, -0.25) is 19.2 Å². The van der Waals surface area contributed by atoms with Gasteiger partial charge in [0, 0.05) is 19.4 Å². The molecule has 0 spiro atoms. The third-order valence-electron chi connectivity index (χ3n) is 5.09. The molecular formula is C20H33N3O5. The molecule has 1 heterocycles. The molecule has 1 fully saturated rings. The minimum absolute atomic E-state index is 0.0291. The van der Waals surface area contributed by atoms with Gasteiger partial charge in [-0.15, -0.1) is 0 Å². The lowest BCUT2D eigenvalue weighted by atomic mass is 9.92. The van der Waals surface area contributed by atoms with E-state index in [0.717, 1.165) is 0 Å². The number of ether oxygens (including phenoxy) is 1. The summed E-state index contributed by atoms with van der Waals surface area (Å²) in [5, 5.41) is 5.23. The van der Waals surface area contributed by atoms with Crippen molar-refractivity contribution in [3.8, 4) is 0 Å². The van der Waals surface area contributed by atoms with Gasteiger partial charge in [-0.05, 0) is 19.3 Å². The molecular weight excluding hydrogens is 362 g/mol. The fourth-order valence-electron chi connectivity index (χ4n) is 3.37. The molecule has 1 aliphatic rings. The van der Waals surface area contributed by atoms with Crippen LogP contribution in [0.4, 0.5) is 0 Å². The molecule has 0 radical (unpaired) electrons. The van der Waals surface area contributed by atoms with Gasteiger partial charge in [-0.25, -0.2) is 0 Å². The van der Waals surface area contributed by atoms with Crippen LogP contribution in [-0.2, 0) is 23.9 Å². The number of hydrogen-bond donors (Lipinski definition) is 2. The predicted octanol–water partition coefficient (Wildman–Crippen LogP) is 1.01. The molecule has 0 bridgehead atoms. The highest BCUT2D eigenvalue weighted by molar-refractivity contribution is 5.93. The molecule has 0 aromatic rings. The molecule has 4 atom stereocenters. The Morgan fingerprint density at radius 1 is 1.21 bits per heavy atom. The van der Waals surface area contributed by atoms with Gasteiger partial charge < -0.3 is 20.3 Å². The number of likely N-dealkylation sites (N-methyl/N-ethyl adjacent to an activating group) is 1. The minimum atomic E-state index is -0.792. The highest BCUT2D eigenvalue weighted by Gasteiger charge is 2.33. The monoisotopic (exact) mass is 395 g/mol. The Balaban J connectivity index is 3.17. The summed E-state index contributed by atoms with van der Waals surface area (Å²) in [6.45, 7) is 12.6. The molecule has 1 unspecified atom stereocenters. The Morgan fingerprint density at radius 2 is 1.82 bits per heavy atom. The number of carbonyl (C=O) groups excluding carboxylic acids is 4. The Bertz CT molecular complexity index is 631. The molecule has 2 N–H and O–H groups in total. The number of nitrogens with one attached hydrogen (secondary N) is 2. The van der Waals surface area contributed by atoms with Crippen LogP contribution in [0.25, 0.3) is 0 Å². The van der Waals surface area contributed by atoms with E-state index in [1.807, 2.05) is 27.7 Å². The summed E-state index contributed by atoms with van der Waals surface area (Å²) in [5.41, 5.74) is 0.615. The Hall–Kier alpha value is -2.38. The topological polar surface area (TPSA) is 105 Å². The summed E-state index contributed by atoms with van der Waals surface area (Å²) < 4.78 is 5.48. The van der Waals surface area contributed by atoms with Crippen LogP contribution < -0.4 is 10.6 Å². The minimum Gasteiger partial charge on any atom is -0.460 e. The van der Waals surface area contributed by atoms with E-state index in [-0.39, 0.29) is 36.6 Å². The van der Waals surface area contributed by atoms with E-state index in [1.165, 1.54) is 11.9 Å². The fourth-order valence-corrected chi connectivity index (χ4v) is 3.37. The molecule has 0 aromatic heterocycles. The average molecular weight is 396 g/mol. The number of rotatable bonds is 2. The van der Waals surface area contributed by atoms with Crippen molar-refractivity contribution in [3.63, 3.8) is 0 Å². The number of hydrogen-bond acceptors (Lipinski definition) is 5. The molecule has 1 saturated heterocycles. The first kappa shape index (κ1) is 23.7. The van der Waals surface area contributed by atoms with Crippen molar-refractivity contribution in [2.75, 3.05) is 13.6 Å².